The molecule has 0 radical (unpaired) electrons. The van der Waals surface area contributed by atoms with Crippen molar-refractivity contribution < 1.29 is 9.90 Å². The van der Waals surface area contributed by atoms with E-state index in [1.54, 1.807) is 12.1 Å². The highest BCUT2D eigenvalue weighted by Crippen LogP contribution is 2.22. The summed E-state index contributed by atoms with van der Waals surface area (Å²) in [4.78, 5) is 14.9. The van der Waals surface area contributed by atoms with E-state index in [2.05, 4.69) is 15.2 Å². The molecule has 1 N–H and O–H groups in total. The molecule has 0 spiro atoms. The monoisotopic (exact) mass is 239 g/mol. The maximum atomic E-state index is 11.1. The zero-order valence-electron chi connectivity index (χ0n) is 8.81. The Hall–Kier alpha value is -1.75. The second-order valence-corrected chi connectivity index (χ2v) is 3.36. The summed E-state index contributed by atoms with van der Waals surface area (Å²) in [5, 5.41) is 16.7. The highest BCUT2D eigenvalue weighted by Gasteiger charge is 2.07. The smallest absolute Gasteiger partial charge is 0.183 e. The minimum atomic E-state index is -0.372. The van der Waals surface area contributed by atoms with Gasteiger partial charge in [-0.15, -0.1) is 10.2 Å². The van der Waals surface area contributed by atoms with Crippen LogP contribution in [0.5, 0.6) is 0 Å². The van der Waals surface area contributed by atoms with Crippen LogP contribution in [0.15, 0.2) is 40.0 Å². The number of carbonyl (C=O) groups excluding carboxylic acids is 1. The fraction of sp³-hybridized carbons (Fsp3) is 0.200. The van der Waals surface area contributed by atoms with E-state index in [1.807, 2.05) is 0 Å². The average molecular weight is 240 g/mol. The van der Waals surface area contributed by atoms with Crippen LogP contribution in [0, 0.1) is 0 Å². The van der Waals surface area contributed by atoms with E-state index in [9.17, 15) is 9.90 Å². The van der Waals surface area contributed by atoms with Crippen LogP contribution in [0.3, 0.4) is 0 Å². The van der Waals surface area contributed by atoms with E-state index in [-0.39, 0.29) is 22.4 Å². The van der Waals surface area contributed by atoms with Gasteiger partial charge in [0, 0.05) is 13.1 Å². The number of rotatable bonds is 3. The first-order chi connectivity index (χ1) is 7.52. The molecule has 1 heterocycles. The number of Topliss-reactive ketones (excluding diaryl/α,β-unsaturated/α-hetero) is 1. The van der Waals surface area contributed by atoms with E-state index < -0.39 is 0 Å². The molecule has 0 aromatic carbocycles. The number of halogens is 1. The van der Waals surface area contributed by atoms with E-state index in [4.69, 9.17) is 11.6 Å². The van der Waals surface area contributed by atoms with Crippen LogP contribution >= 0.6 is 11.6 Å². The van der Waals surface area contributed by atoms with Crippen LogP contribution in [0.2, 0.25) is 5.15 Å². The van der Waals surface area contributed by atoms with Crippen molar-refractivity contribution in [2.24, 2.45) is 10.2 Å². The van der Waals surface area contributed by atoms with Gasteiger partial charge in [-0.25, -0.2) is 4.98 Å². The molecule has 1 aromatic heterocycles. The highest BCUT2D eigenvalue weighted by atomic mass is 35.5. The standard InChI is InChI=1S/C10H10ClN3O2/c1-6(15)9(7(2)16)14-13-8-4-3-5-12-10(8)11/h3-5,15H,1-2H3/b9-6-,14-13?. The molecule has 84 valence electrons. The molecule has 0 amide bonds. The molecule has 0 saturated heterocycles. The van der Waals surface area contributed by atoms with Crippen LogP contribution in [0.25, 0.3) is 0 Å². The van der Waals surface area contributed by atoms with E-state index >= 15 is 0 Å². The fourth-order valence-electron chi connectivity index (χ4n) is 0.954. The summed E-state index contributed by atoms with van der Waals surface area (Å²) in [5.41, 5.74) is 0.240. The van der Waals surface area contributed by atoms with Crippen molar-refractivity contribution in [2.75, 3.05) is 0 Å². The molecule has 0 aliphatic rings. The number of hydrogen-bond acceptors (Lipinski definition) is 5. The number of nitrogens with zero attached hydrogens (tertiary/aromatic N) is 3. The number of hydrogen-bond donors (Lipinski definition) is 1. The second kappa shape index (κ2) is 5.37. The van der Waals surface area contributed by atoms with Gasteiger partial charge < -0.3 is 5.11 Å². The normalized spacial score (nSPS) is 12.7. The van der Waals surface area contributed by atoms with Crippen molar-refractivity contribution in [2.45, 2.75) is 13.8 Å². The largest absolute Gasteiger partial charge is 0.510 e. The van der Waals surface area contributed by atoms with Crippen LogP contribution < -0.4 is 0 Å². The molecule has 0 saturated carbocycles. The van der Waals surface area contributed by atoms with Gasteiger partial charge in [-0.05, 0) is 19.1 Å². The van der Waals surface area contributed by atoms with Crippen molar-refractivity contribution in [1.29, 1.82) is 0 Å². The number of allylic oxidation sites excluding steroid dienone is 2. The summed E-state index contributed by atoms with van der Waals surface area (Å²) in [5.74, 6) is -0.556. The summed E-state index contributed by atoms with van der Waals surface area (Å²) in [6.07, 6.45) is 1.51. The van der Waals surface area contributed by atoms with Gasteiger partial charge in [0.1, 0.15) is 11.4 Å². The van der Waals surface area contributed by atoms with E-state index in [1.165, 1.54) is 20.0 Å². The second-order valence-electron chi connectivity index (χ2n) is 3.00. The molecule has 16 heavy (non-hydrogen) atoms. The zero-order valence-corrected chi connectivity index (χ0v) is 9.56. The Bertz CT molecular complexity index is 465. The molecular formula is C10H10ClN3O2. The van der Waals surface area contributed by atoms with Crippen LogP contribution in [0.4, 0.5) is 5.69 Å². The minimum Gasteiger partial charge on any atom is -0.510 e. The lowest BCUT2D eigenvalue weighted by atomic mass is 10.3. The van der Waals surface area contributed by atoms with E-state index in [0.29, 0.717) is 5.69 Å². The Labute approximate surface area is 97.5 Å². The average Bonchev–Trinajstić information content (AvgIpc) is 2.20. The highest BCUT2D eigenvalue weighted by molar-refractivity contribution is 6.31. The number of ketones is 1. The van der Waals surface area contributed by atoms with Gasteiger partial charge in [0.15, 0.2) is 16.6 Å². The summed E-state index contributed by atoms with van der Waals surface area (Å²) in [6, 6.07) is 3.24. The summed E-state index contributed by atoms with van der Waals surface area (Å²) in [7, 11) is 0. The number of azo groups is 1. The van der Waals surface area contributed by atoms with Crippen molar-refractivity contribution in [3.63, 3.8) is 0 Å². The molecule has 1 aromatic rings. The summed E-state index contributed by atoms with van der Waals surface area (Å²) < 4.78 is 0. The number of aliphatic hydroxyl groups is 1. The number of aliphatic hydroxyl groups excluding tert-OH is 1. The lowest BCUT2D eigenvalue weighted by molar-refractivity contribution is -0.113. The third-order valence-corrected chi connectivity index (χ3v) is 1.96. The molecule has 0 aliphatic heterocycles. The van der Waals surface area contributed by atoms with Crippen molar-refractivity contribution in [3.05, 3.63) is 34.9 Å². The van der Waals surface area contributed by atoms with Gasteiger partial charge in [-0.2, -0.15) is 0 Å². The quantitative estimate of drug-likeness (QED) is 0.381. The summed E-state index contributed by atoms with van der Waals surface area (Å²) >= 11 is 5.74. The van der Waals surface area contributed by atoms with Gasteiger partial charge >= 0.3 is 0 Å². The maximum absolute atomic E-state index is 11.1. The summed E-state index contributed by atoms with van der Waals surface area (Å²) in [6.45, 7) is 2.65. The number of carbonyl (C=O) groups is 1. The van der Waals surface area contributed by atoms with E-state index in [0.717, 1.165) is 0 Å². The molecule has 6 heteroatoms. The minimum absolute atomic E-state index is 0.0973. The Balaban J connectivity index is 3.02. The van der Waals surface area contributed by atoms with Gasteiger partial charge in [-0.1, -0.05) is 11.6 Å². The Morgan fingerprint density at radius 1 is 1.50 bits per heavy atom. The van der Waals surface area contributed by atoms with Crippen molar-refractivity contribution in [1.82, 2.24) is 4.98 Å². The predicted octanol–water partition coefficient (Wildman–Crippen LogP) is 3.20. The molecular weight excluding hydrogens is 230 g/mol. The lowest BCUT2D eigenvalue weighted by Crippen LogP contribution is -1.96. The van der Waals surface area contributed by atoms with Crippen LogP contribution in [0.1, 0.15) is 13.8 Å². The fourth-order valence-corrected chi connectivity index (χ4v) is 1.11. The first-order valence-electron chi connectivity index (χ1n) is 4.45. The molecule has 0 bridgehead atoms. The van der Waals surface area contributed by atoms with Gasteiger partial charge in [0.2, 0.25) is 0 Å². The Morgan fingerprint density at radius 3 is 2.69 bits per heavy atom. The molecule has 0 fully saturated rings. The topological polar surface area (TPSA) is 74.9 Å². The number of pyridine rings is 1. The third kappa shape index (κ3) is 3.13. The van der Waals surface area contributed by atoms with Gasteiger partial charge in [0.05, 0.1) is 0 Å². The molecule has 1 rings (SSSR count). The third-order valence-electron chi connectivity index (χ3n) is 1.67. The molecule has 5 nitrogen and oxygen atoms in total. The zero-order chi connectivity index (χ0) is 12.1. The van der Waals surface area contributed by atoms with Crippen molar-refractivity contribution in [3.8, 4) is 0 Å². The molecule has 0 unspecified atom stereocenters. The van der Waals surface area contributed by atoms with Crippen LogP contribution in [-0.4, -0.2) is 15.9 Å². The first-order valence-corrected chi connectivity index (χ1v) is 4.83. The predicted molar refractivity (Wildman–Crippen MR) is 59.8 cm³/mol. The molecule has 0 aliphatic carbocycles. The van der Waals surface area contributed by atoms with Gasteiger partial charge in [0.25, 0.3) is 0 Å². The number of aromatic nitrogens is 1. The lowest BCUT2D eigenvalue weighted by Gasteiger charge is -1.97. The van der Waals surface area contributed by atoms with Gasteiger partial charge in [-0.3, -0.25) is 4.79 Å². The SMILES string of the molecule is CC(=O)/C(N=Nc1cccnc1Cl)=C(\C)O. The van der Waals surface area contributed by atoms with Crippen LogP contribution in [-0.2, 0) is 4.79 Å². The first kappa shape index (κ1) is 12.3. The Morgan fingerprint density at radius 2 is 2.19 bits per heavy atom. The maximum Gasteiger partial charge on any atom is 0.183 e. The molecule has 0 atom stereocenters. The Kier molecular flexibility index (Phi) is 4.13. The van der Waals surface area contributed by atoms with Crippen molar-refractivity contribution >= 4 is 23.1 Å².